The number of carbonyl (C=O) groups excluding carboxylic acids is 1. The fraction of sp³-hybridized carbons (Fsp3) is 0.278. The molecule has 2 aromatic rings. The highest BCUT2D eigenvalue weighted by Gasteiger charge is 2.20. The van der Waals surface area contributed by atoms with Crippen molar-refractivity contribution in [1.82, 2.24) is 0 Å². The molecule has 0 aliphatic rings. The highest BCUT2D eigenvalue weighted by molar-refractivity contribution is 7.92. The van der Waals surface area contributed by atoms with Crippen LogP contribution in [0.2, 0.25) is 0 Å². The molecule has 28 heavy (non-hydrogen) atoms. The van der Waals surface area contributed by atoms with E-state index >= 15 is 0 Å². The zero-order chi connectivity index (χ0) is 20.9. The molecule has 0 N–H and O–H groups in total. The van der Waals surface area contributed by atoms with Crippen LogP contribution in [0.5, 0.6) is 0 Å². The number of esters is 1. The van der Waals surface area contributed by atoms with Gasteiger partial charge in [0.25, 0.3) is 0 Å². The molecule has 0 heterocycles. The maximum atomic E-state index is 13.0. The fourth-order valence-corrected chi connectivity index (χ4v) is 4.79. The number of carbonyl (C=O) groups is 1. The number of methoxy groups -OCH3 is 1. The second kappa shape index (κ2) is 8.70. The number of sulfonamides is 1. The van der Waals surface area contributed by atoms with Crippen molar-refractivity contribution in [3.8, 4) is 0 Å². The molecule has 0 aromatic heterocycles. The van der Waals surface area contributed by atoms with Crippen LogP contribution in [-0.2, 0) is 24.6 Å². The van der Waals surface area contributed by atoms with Crippen LogP contribution in [-0.4, -0.2) is 48.5 Å². The van der Waals surface area contributed by atoms with Crippen LogP contribution >= 0.6 is 0 Å². The summed E-state index contributed by atoms with van der Waals surface area (Å²) in [6.45, 7) is -0.0726. The van der Waals surface area contributed by atoms with Crippen LogP contribution in [0.1, 0.15) is 16.8 Å². The van der Waals surface area contributed by atoms with Gasteiger partial charge in [-0.3, -0.25) is 4.31 Å². The predicted molar refractivity (Wildman–Crippen MR) is 103 cm³/mol. The van der Waals surface area contributed by atoms with Gasteiger partial charge in [0.2, 0.25) is 10.0 Å². The molecule has 2 rings (SSSR count). The third-order valence-corrected chi connectivity index (χ3v) is 6.93. The zero-order valence-corrected chi connectivity index (χ0v) is 17.0. The third-order valence-electron chi connectivity index (χ3n) is 3.92. The van der Waals surface area contributed by atoms with Crippen LogP contribution in [0, 0.1) is 5.82 Å². The van der Waals surface area contributed by atoms with E-state index in [2.05, 4.69) is 4.74 Å². The van der Waals surface area contributed by atoms with Gasteiger partial charge in [0.05, 0.1) is 35.3 Å². The molecule has 7 nitrogen and oxygen atoms in total. The second-order valence-electron chi connectivity index (χ2n) is 6.00. The summed E-state index contributed by atoms with van der Waals surface area (Å²) in [5.41, 5.74) is 0.563. The van der Waals surface area contributed by atoms with Gasteiger partial charge in [0, 0.05) is 6.54 Å². The van der Waals surface area contributed by atoms with Gasteiger partial charge in [-0.2, -0.15) is 0 Å². The maximum absolute atomic E-state index is 13.0. The van der Waals surface area contributed by atoms with Crippen LogP contribution in [0.15, 0.2) is 53.4 Å². The van der Waals surface area contributed by atoms with E-state index in [1.54, 1.807) is 0 Å². The Hall–Kier alpha value is -2.46. The van der Waals surface area contributed by atoms with Crippen molar-refractivity contribution in [2.45, 2.75) is 11.3 Å². The molecule has 0 radical (unpaired) electrons. The largest absolute Gasteiger partial charge is 0.465 e. The Morgan fingerprint density at radius 2 is 1.57 bits per heavy atom. The van der Waals surface area contributed by atoms with E-state index in [0.717, 1.165) is 22.7 Å². The number of nitrogens with zero attached hydrogens (tertiary/aromatic N) is 1. The number of ether oxygens (including phenoxy) is 1. The van der Waals surface area contributed by atoms with Crippen molar-refractivity contribution in [3.63, 3.8) is 0 Å². The molecule has 0 amide bonds. The van der Waals surface area contributed by atoms with Gasteiger partial charge in [0.15, 0.2) is 9.84 Å². The lowest BCUT2D eigenvalue weighted by atomic mass is 10.2. The van der Waals surface area contributed by atoms with Crippen molar-refractivity contribution in [2.75, 3.05) is 30.0 Å². The van der Waals surface area contributed by atoms with Crippen molar-refractivity contribution >= 4 is 31.5 Å². The molecule has 10 heteroatoms. The first kappa shape index (κ1) is 21.8. The first-order chi connectivity index (χ1) is 13.0. The Kier molecular flexibility index (Phi) is 6.78. The minimum atomic E-state index is -3.67. The predicted octanol–water partition coefficient (Wildman–Crippen LogP) is 2.24. The van der Waals surface area contributed by atoms with Crippen molar-refractivity contribution < 1.29 is 30.8 Å². The fourth-order valence-electron chi connectivity index (χ4n) is 2.53. The average molecular weight is 429 g/mol. The molecule has 0 unspecified atom stereocenters. The summed E-state index contributed by atoms with van der Waals surface area (Å²) >= 11 is 0. The van der Waals surface area contributed by atoms with Gasteiger partial charge in [-0.05, 0) is 55.0 Å². The topological polar surface area (TPSA) is 97.8 Å². The summed E-state index contributed by atoms with van der Waals surface area (Å²) in [6, 6.07) is 10.2. The molecule has 2 aromatic carbocycles. The number of sulfone groups is 1. The van der Waals surface area contributed by atoms with E-state index in [9.17, 15) is 26.0 Å². The van der Waals surface area contributed by atoms with Crippen LogP contribution < -0.4 is 4.31 Å². The average Bonchev–Trinajstić information content (AvgIpc) is 2.64. The molecule has 0 spiro atoms. The number of benzene rings is 2. The quantitative estimate of drug-likeness (QED) is 0.472. The Balaban J connectivity index is 2.13. The Labute approximate surface area is 163 Å². The number of anilines is 1. The molecule has 0 saturated heterocycles. The SMILES string of the molecule is COC(=O)c1ccc(N(CCCS(=O)(=O)c2ccc(F)cc2)S(C)(=O)=O)cc1. The number of hydrogen-bond acceptors (Lipinski definition) is 6. The number of hydrogen-bond donors (Lipinski definition) is 0. The van der Waals surface area contributed by atoms with Crippen LogP contribution in [0.25, 0.3) is 0 Å². The van der Waals surface area contributed by atoms with E-state index in [1.807, 2.05) is 0 Å². The molecular formula is C18H20FNO6S2. The van der Waals surface area contributed by atoms with E-state index in [-0.39, 0.29) is 29.2 Å². The lowest BCUT2D eigenvalue weighted by Crippen LogP contribution is -2.32. The Morgan fingerprint density at radius 1 is 1.00 bits per heavy atom. The van der Waals surface area contributed by atoms with E-state index in [0.29, 0.717) is 5.69 Å². The summed E-state index contributed by atoms with van der Waals surface area (Å²) in [5, 5.41) is 0. The standard InChI is InChI=1S/C18H20FNO6S2/c1-26-18(21)14-4-8-16(9-5-14)20(27(2,22)23)12-3-13-28(24,25)17-10-6-15(19)7-11-17/h4-11H,3,12-13H2,1-2H3. The lowest BCUT2D eigenvalue weighted by Gasteiger charge is -2.22. The first-order valence-electron chi connectivity index (χ1n) is 8.19. The van der Waals surface area contributed by atoms with Crippen LogP contribution in [0.3, 0.4) is 0 Å². The molecular weight excluding hydrogens is 409 g/mol. The minimum Gasteiger partial charge on any atom is -0.465 e. The highest BCUT2D eigenvalue weighted by atomic mass is 32.2. The van der Waals surface area contributed by atoms with E-state index in [4.69, 9.17) is 0 Å². The van der Waals surface area contributed by atoms with Gasteiger partial charge in [0.1, 0.15) is 5.82 Å². The van der Waals surface area contributed by atoms with Crippen molar-refractivity contribution in [3.05, 3.63) is 59.9 Å². The number of rotatable bonds is 8. The summed E-state index contributed by atoms with van der Waals surface area (Å²) in [5.74, 6) is -1.40. The Bertz CT molecular complexity index is 1030. The zero-order valence-electron chi connectivity index (χ0n) is 15.3. The van der Waals surface area contributed by atoms with Gasteiger partial charge >= 0.3 is 5.97 Å². The van der Waals surface area contributed by atoms with Gasteiger partial charge in [-0.25, -0.2) is 26.0 Å². The van der Waals surface area contributed by atoms with Crippen molar-refractivity contribution in [2.24, 2.45) is 0 Å². The highest BCUT2D eigenvalue weighted by Crippen LogP contribution is 2.20. The van der Waals surface area contributed by atoms with E-state index in [1.165, 1.54) is 43.5 Å². The molecule has 0 saturated carbocycles. The molecule has 0 fully saturated rings. The van der Waals surface area contributed by atoms with Gasteiger partial charge in [-0.15, -0.1) is 0 Å². The normalized spacial score (nSPS) is 11.8. The maximum Gasteiger partial charge on any atom is 0.337 e. The molecule has 0 atom stereocenters. The molecule has 0 bridgehead atoms. The smallest absolute Gasteiger partial charge is 0.337 e. The Morgan fingerprint density at radius 3 is 2.07 bits per heavy atom. The summed E-state index contributed by atoms with van der Waals surface area (Å²) < 4.78 is 67.5. The van der Waals surface area contributed by atoms with Gasteiger partial charge in [-0.1, -0.05) is 0 Å². The van der Waals surface area contributed by atoms with Crippen LogP contribution in [0.4, 0.5) is 10.1 Å². The van der Waals surface area contributed by atoms with Gasteiger partial charge < -0.3 is 4.74 Å². The summed E-state index contributed by atoms with van der Waals surface area (Å²) in [7, 11) is -6.11. The van der Waals surface area contributed by atoms with Crippen molar-refractivity contribution in [1.29, 1.82) is 0 Å². The van der Waals surface area contributed by atoms with E-state index < -0.39 is 31.6 Å². The second-order valence-corrected chi connectivity index (χ2v) is 10.0. The summed E-state index contributed by atoms with van der Waals surface area (Å²) in [4.78, 5) is 11.5. The monoisotopic (exact) mass is 429 g/mol. The lowest BCUT2D eigenvalue weighted by molar-refractivity contribution is 0.0600. The minimum absolute atomic E-state index is 0.0257. The number of halogens is 1. The molecule has 0 aliphatic heterocycles. The first-order valence-corrected chi connectivity index (χ1v) is 11.7. The molecule has 0 aliphatic carbocycles. The third kappa shape index (κ3) is 5.52. The molecule has 152 valence electrons. The summed E-state index contributed by atoms with van der Waals surface area (Å²) in [6.07, 6.45) is 1.04.